The second kappa shape index (κ2) is 7.06. The molecule has 1 aromatic heterocycles. The summed E-state index contributed by atoms with van der Waals surface area (Å²) in [5, 5.41) is 2.09. The second-order valence-corrected chi connectivity index (χ2v) is 6.57. The van der Waals surface area contributed by atoms with Crippen LogP contribution < -0.4 is 5.73 Å². The first-order valence-electron chi connectivity index (χ1n) is 7.22. The standard InChI is InChI=1S/C15H24N2OS/c1-12-7-8-17(13(10-12)11-16)15(18)6-2-4-14-5-3-9-19-14/h3,5,9,12-13H,2,4,6-8,10-11,16H2,1H3. The number of carbonyl (C=O) groups is 1. The van der Waals surface area contributed by atoms with Gasteiger partial charge in [0.05, 0.1) is 0 Å². The zero-order valence-electron chi connectivity index (χ0n) is 11.7. The van der Waals surface area contributed by atoms with Gasteiger partial charge >= 0.3 is 0 Å². The summed E-state index contributed by atoms with van der Waals surface area (Å²) in [4.78, 5) is 15.7. The van der Waals surface area contributed by atoms with E-state index in [-0.39, 0.29) is 6.04 Å². The van der Waals surface area contributed by atoms with Crippen molar-refractivity contribution in [2.45, 2.75) is 45.1 Å². The van der Waals surface area contributed by atoms with Gasteiger partial charge < -0.3 is 10.6 Å². The maximum absolute atomic E-state index is 12.3. The van der Waals surface area contributed by atoms with Gasteiger partial charge in [0.15, 0.2) is 0 Å². The minimum Gasteiger partial charge on any atom is -0.338 e. The molecule has 106 valence electrons. The van der Waals surface area contributed by atoms with Crippen LogP contribution in [0.2, 0.25) is 0 Å². The predicted molar refractivity (Wildman–Crippen MR) is 80.2 cm³/mol. The van der Waals surface area contributed by atoms with Gasteiger partial charge in [-0.15, -0.1) is 11.3 Å². The number of hydrogen-bond donors (Lipinski definition) is 1. The molecule has 1 aromatic rings. The summed E-state index contributed by atoms with van der Waals surface area (Å²) >= 11 is 1.77. The van der Waals surface area contributed by atoms with Crippen molar-refractivity contribution in [2.24, 2.45) is 11.7 Å². The van der Waals surface area contributed by atoms with Gasteiger partial charge in [0, 0.05) is 30.4 Å². The van der Waals surface area contributed by atoms with Gasteiger partial charge in [-0.25, -0.2) is 0 Å². The van der Waals surface area contributed by atoms with Crippen LogP contribution in [0.25, 0.3) is 0 Å². The zero-order chi connectivity index (χ0) is 13.7. The van der Waals surface area contributed by atoms with E-state index in [1.807, 2.05) is 4.90 Å². The van der Waals surface area contributed by atoms with E-state index in [0.717, 1.165) is 32.2 Å². The van der Waals surface area contributed by atoms with Crippen molar-refractivity contribution < 1.29 is 4.79 Å². The molecule has 0 radical (unpaired) electrons. The SMILES string of the molecule is CC1CCN(C(=O)CCCc2cccs2)C(CN)C1. The van der Waals surface area contributed by atoms with Crippen molar-refractivity contribution >= 4 is 17.2 Å². The number of nitrogens with zero attached hydrogens (tertiary/aromatic N) is 1. The molecule has 0 bridgehead atoms. The third kappa shape index (κ3) is 4.05. The Labute approximate surface area is 119 Å². The van der Waals surface area contributed by atoms with Gasteiger partial charge in [0.1, 0.15) is 0 Å². The van der Waals surface area contributed by atoms with E-state index >= 15 is 0 Å². The number of rotatable bonds is 5. The van der Waals surface area contributed by atoms with Crippen molar-refractivity contribution in [1.29, 1.82) is 0 Å². The Kier molecular flexibility index (Phi) is 5.40. The Hall–Kier alpha value is -0.870. The van der Waals surface area contributed by atoms with E-state index in [1.54, 1.807) is 11.3 Å². The molecular weight excluding hydrogens is 256 g/mol. The first kappa shape index (κ1) is 14.5. The van der Waals surface area contributed by atoms with Gasteiger partial charge in [0.2, 0.25) is 5.91 Å². The fourth-order valence-corrected chi connectivity index (χ4v) is 3.57. The number of aryl methyl sites for hydroxylation is 1. The number of hydrogen-bond acceptors (Lipinski definition) is 3. The largest absolute Gasteiger partial charge is 0.338 e. The summed E-state index contributed by atoms with van der Waals surface area (Å²) in [5.41, 5.74) is 5.81. The monoisotopic (exact) mass is 280 g/mol. The average Bonchev–Trinajstić information content (AvgIpc) is 2.91. The quantitative estimate of drug-likeness (QED) is 0.901. The smallest absolute Gasteiger partial charge is 0.222 e. The molecule has 19 heavy (non-hydrogen) atoms. The van der Waals surface area contributed by atoms with Crippen LogP contribution in [0.4, 0.5) is 0 Å². The van der Waals surface area contributed by atoms with Crippen molar-refractivity contribution in [1.82, 2.24) is 4.90 Å². The van der Waals surface area contributed by atoms with Crippen LogP contribution in [-0.2, 0) is 11.2 Å². The van der Waals surface area contributed by atoms with E-state index in [1.165, 1.54) is 4.88 Å². The summed E-state index contributed by atoms with van der Waals surface area (Å²) in [7, 11) is 0. The van der Waals surface area contributed by atoms with E-state index in [9.17, 15) is 4.79 Å². The van der Waals surface area contributed by atoms with Gasteiger partial charge in [-0.3, -0.25) is 4.79 Å². The highest BCUT2D eigenvalue weighted by Gasteiger charge is 2.28. The number of nitrogens with two attached hydrogens (primary N) is 1. The Morgan fingerprint density at radius 1 is 1.58 bits per heavy atom. The lowest BCUT2D eigenvalue weighted by atomic mass is 9.92. The Bertz CT molecular complexity index is 391. The number of likely N-dealkylation sites (tertiary alicyclic amines) is 1. The van der Waals surface area contributed by atoms with Gasteiger partial charge in [-0.1, -0.05) is 13.0 Å². The molecule has 1 amide bonds. The number of thiophene rings is 1. The minimum atomic E-state index is 0.262. The minimum absolute atomic E-state index is 0.262. The highest BCUT2D eigenvalue weighted by Crippen LogP contribution is 2.23. The fourth-order valence-electron chi connectivity index (χ4n) is 2.82. The molecule has 1 saturated heterocycles. The highest BCUT2D eigenvalue weighted by molar-refractivity contribution is 7.09. The third-order valence-electron chi connectivity index (χ3n) is 3.96. The van der Waals surface area contributed by atoms with Crippen LogP contribution in [0.15, 0.2) is 17.5 Å². The molecule has 0 saturated carbocycles. The van der Waals surface area contributed by atoms with E-state index in [0.29, 0.717) is 24.8 Å². The zero-order valence-corrected chi connectivity index (χ0v) is 12.5. The summed E-state index contributed by atoms with van der Waals surface area (Å²) in [5.74, 6) is 0.989. The number of carbonyl (C=O) groups excluding carboxylic acids is 1. The summed E-state index contributed by atoms with van der Waals surface area (Å²) in [6.07, 6.45) is 4.80. The van der Waals surface area contributed by atoms with Crippen molar-refractivity contribution in [3.8, 4) is 0 Å². The van der Waals surface area contributed by atoms with Crippen molar-refractivity contribution in [3.05, 3.63) is 22.4 Å². The molecule has 2 rings (SSSR count). The maximum Gasteiger partial charge on any atom is 0.222 e. The molecule has 2 atom stereocenters. The molecule has 2 heterocycles. The van der Waals surface area contributed by atoms with Crippen LogP contribution in [0.1, 0.15) is 37.5 Å². The first-order valence-corrected chi connectivity index (χ1v) is 8.10. The predicted octanol–water partition coefficient (Wildman–Crippen LogP) is 2.66. The first-order chi connectivity index (χ1) is 9.20. The van der Waals surface area contributed by atoms with E-state index in [2.05, 4.69) is 24.4 Å². The van der Waals surface area contributed by atoms with Gasteiger partial charge in [-0.05, 0) is 43.0 Å². The number of amides is 1. The van der Waals surface area contributed by atoms with Crippen LogP contribution >= 0.6 is 11.3 Å². The summed E-state index contributed by atoms with van der Waals surface area (Å²) < 4.78 is 0. The Morgan fingerprint density at radius 3 is 3.11 bits per heavy atom. The summed E-state index contributed by atoms with van der Waals surface area (Å²) in [6, 6.07) is 4.47. The molecular formula is C15H24N2OS. The molecule has 4 heteroatoms. The molecule has 1 fully saturated rings. The van der Waals surface area contributed by atoms with Gasteiger partial charge in [0.25, 0.3) is 0 Å². The Balaban J connectivity index is 1.78. The molecule has 1 aliphatic heterocycles. The third-order valence-corrected chi connectivity index (χ3v) is 4.90. The normalized spacial score (nSPS) is 23.6. The van der Waals surface area contributed by atoms with E-state index in [4.69, 9.17) is 5.73 Å². The van der Waals surface area contributed by atoms with Crippen molar-refractivity contribution in [2.75, 3.05) is 13.1 Å². The fraction of sp³-hybridized carbons (Fsp3) is 0.667. The van der Waals surface area contributed by atoms with Crippen LogP contribution in [-0.4, -0.2) is 29.9 Å². The second-order valence-electron chi connectivity index (χ2n) is 5.54. The van der Waals surface area contributed by atoms with Crippen LogP contribution in [0.5, 0.6) is 0 Å². The molecule has 2 unspecified atom stereocenters. The lowest BCUT2D eigenvalue weighted by Gasteiger charge is -2.38. The molecule has 0 spiro atoms. The maximum atomic E-state index is 12.3. The van der Waals surface area contributed by atoms with Crippen molar-refractivity contribution in [3.63, 3.8) is 0 Å². The molecule has 0 aliphatic carbocycles. The number of piperidine rings is 1. The average molecular weight is 280 g/mol. The summed E-state index contributed by atoms with van der Waals surface area (Å²) in [6.45, 7) is 3.74. The van der Waals surface area contributed by atoms with E-state index < -0.39 is 0 Å². The van der Waals surface area contributed by atoms with Gasteiger partial charge in [-0.2, -0.15) is 0 Å². The molecule has 2 N–H and O–H groups in total. The lowest BCUT2D eigenvalue weighted by Crippen LogP contribution is -2.49. The van der Waals surface area contributed by atoms with Crippen LogP contribution in [0, 0.1) is 5.92 Å². The lowest BCUT2D eigenvalue weighted by molar-refractivity contribution is -0.135. The molecule has 3 nitrogen and oxygen atoms in total. The van der Waals surface area contributed by atoms with Crippen LogP contribution in [0.3, 0.4) is 0 Å². The topological polar surface area (TPSA) is 46.3 Å². The Morgan fingerprint density at radius 2 is 2.42 bits per heavy atom. The molecule has 1 aliphatic rings. The molecule has 0 aromatic carbocycles. The highest BCUT2D eigenvalue weighted by atomic mass is 32.1.